The largest absolute Gasteiger partial charge is 0.444 e. The Morgan fingerprint density at radius 3 is 2.04 bits per heavy atom. The number of carbonyl (C=O) groups excluding carboxylic acids is 2. The second-order valence-electron chi connectivity index (χ2n) is 13.4. The predicted molar refractivity (Wildman–Crippen MR) is 182 cm³/mol. The highest BCUT2D eigenvalue weighted by atomic mass is 79.9. The summed E-state index contributed by atoms with van der Waals surface area (Å²) in [5, 5.41) is 13.5. The fourth-order valence-corrected chi connectivity index (χ4v) is 11.0. The molecular formula is C34H41BrFN3O6Si. The Hall–Kier alpha value is -3.61. The van der Waals surface area contributed by atoms with Crippen LogP contribution in [0.4, 0.5) is 14.9 Å². The van der Waals surface area contributed by atoms with Gasteiger partial charge in [-0.15, -0.1) is 0 Å². The molecule has 0 aromatic heterocycles. The van der Waals surface area contributed by atoms with Crippen LogP contribution in [0.2, 0.25) is 5.04 Å². The normalized spacial score (nSPS) is 15.9. The molecule has 0 unspecified atom stereocenters. The summed E-state index contributed by atoms with van der Waals surface area (Å²) in [5.41, 5.74) is -1.53. The number of piperazine rings is 1. The Morgan fingerprint density at radius 1 is 0.978 bits per heavy atom. The van der Waals surface area contributed by atoms with E-state index in [9.17, 15) is 19.7 Å². The van der Waals surface area contributed by atoms with E-state index in [1.807, 2.05) is 36.4 Å². The third-order valence-corrected chi connectivity index (χ3v) is 13.7. The van der Waals surface area contributed by atoms with E-state index < -0.39 is 54.0 Å². The van der Waals surface area contributed by atoms with Gasteiger partial charge < -0.3 is 19.0 Å². The molecule has 0 N–H and O–H groups in total. The molecule has 4 rings (SSSR count). The van der Waals surface area contributed by atoms with Gasteiger partial charge in [0.05, 0.1) is 21.0 Å². The zero-order chi connectivity index (χ0) is 33.9. The van der Waals surface area contributed by atoms with Crippen LogP contribution in [0.5, 0.6) is 0 Å². The van der Waals surface area contributed by atoms with Crippen molar-refractivity contribution < 1.29 is 28.1 Å². The zero-order valence-electron chi connectivity index (χ0n) is 27.1. The number of nitrogens with zero attached hydrogens (tertiary/aromatic N) is 3. The van der Waals surface area contributed by atoms with Crippen LogP contribution >= 0.6 is 15.9 Å². The smallest absolute Gasteiger partial charge is 0.410 e. The molecule has 1 fully saturated rings. The Balaban J connectivity index is 1.69. The van der Waals surface area contributed by atoms with Crippen LogP contribution in [-0.2, 0) is 9.16 Å². The summed E-state index contributed by atoms with van der Waals surface area (Å²) in [6, 6.07) is 21.6. The fraction of sp³-hybridized carbons (Fsp3) is 0.412. The molecular weight excluding hydrogens is 673 g/mol. The average Bonchev–Trinajstić information content (AvgIpc) is 2.98. The molecule has 0 spiro atoms. The molecule has 246 valence electrons. The molecule has 1 heterocycles. The topological polar surface area (TPSA) is 102 Å². The molecule has 0 bridgehead atoms. The van der Waals surface area contributed by atoms with E-state index in [1.165, 1.54) is 4.90 Å². The first-order valence-corrected chi connectivity index (χ1v) is 17.9. The van der Waals surface area contributed by atoms with Gasteiger partial charge in [0.15, 0.2) is 0 Å². The SMILES string of the molecule is CC(C)(C)OC(=O)N1CCN(C(=O)c2cc([N+](=O)[O-])c(Br)cc2F)[C@H](CCO[Si](c2ccccc2)(c2ccccc2)C(C)(C)C)C1. The second kappa shape index (κ2) is 14.0. The summed E-state index contributed by atoms with van der Waals surface area (Å²) in [7, 11) is -2.90. The molecule has 12 heteroatoms. The Labute approximate surface area is 279 Å². The number of ether oxygens (including phenoxy) is 1. The fourth-order valence-electron chi connectivity index (χ4n) is 5.97. The van der Waals surface area contributed by atoms with Crippen molar-refractivity contribution in [1.29, 1.82) is 0 Å². The summed E-state index contributed by atoms with van der Waals surface area (Å²) in [4.78, 5) is 40.9. The predicted octanol–water partition coefficient (Wildman–Crippen LogP) is 6.52. The van der Waals surface area contributed by atoms with Gasteiger partial charge in [0.2, 0.25) is 0 Å². The number of rotatable bonds is 8. The Morgan fingerprint density at radius 2 is 1.54 bits per heavy atom. The minimum atomic E-state index is -2.90. The Kier molecular flexibility index (Phi) is 10.7. The van der Waals surface area contributed by atoms with Gasteiger partial charge in [-0.05, 0) is 64.6 Å². The van der Waals surface area contributed by atoms with Gasteiger partial charge in [-0.25, -0.2) is 9.18 Å². The molecule has 0 radical (unpaired) electrons. The lowest BCUT2D eigenvalue weighted by Gasteiger charge is -2.45. The maximum absolute atomic E-state index is 15.1. The number of nitro groups is 1. The monoisotopic (exact) mass is 713 g/mol. The van der Waals surface area contributed by atoms with Gasteiger partial charge in [-0.3, -0.25) is 14.9 Å². The maximum atomic E-state index is 15.1. The summed E-state index contributed by atoms with van der Waals surface area (Å²) < 4.78 is 27.8. The number of benzene rings is 3. The molecule has 1 aliphatic heterocycles. The molecule has 3 aromatic carbocycles. The summed E-state index contributed by atoms with van der Waals surface area (Å²) in [6.07, 6.45) is -0.182. The van der Waals surface area contributed by atoms with Gasteiger partial charge in [0.25, 0.3) is 19.9 Å². The molecule has 46 heavy (non-hydrogen) atoms. The second-order valence-corrected chi connectivity index (χ2v) is 18.6. The van der Waals surface area contributed by atoms with Crippen LogP contribution in [0.1, 0.15) is 58.3 Å². The lowest BCUT2D eigenvalue weighted by Crippen LogP contribution is -2.67. The molecule has 9 nitrogen and oxygen atoms in total. The quantitative estimate of drug-likeness (QED) is 0.150. The first-order chi connectivity index (χ1) is 21.5. The summed E-state index contributed by atoms with van der Waals surface area (Å²) in [6.45, 7) is 12.5. The van der Waals surface area contributed by atoms with E-state index in [4.69, 9.17) is 9.16 Å². The van der Waals surface area contributed by atoms with Crippen molar-refractivity contribution in [3.05, 3.63) is 98.8 Å². The van der Waals surface area contributed by atoms with Crippen molar-refractivity contribution >= 4 is 52.3 Å². The molecule has 1 atom stereocenters. The van der Waals surface area contributed by atoms with Crippen molar-refractivity contribution in [2.45, 2.75) is 64.6 Å². The van der Waals surface area contributed by atoms with E-state index in [-0.39, 0.29) is 35.8 Å². The lowest BCUT2D eigenvalue weighted by atomic mass is 10.1. The van der Waals surface area contributed by atoms with Gasteiger partial charge in [0, 0.05) is 32.3 Å². The highest BCUT2D eigenvalue weighted by molar-refractivity contribution is 9.10. The molecule has 0 aliphatic carbocycles. The third-order valence-electron chi connectivity index (χ3n) is 8.05. The highest BCUT2D eigenvalue weighted by Crippen LogP contribution is 2.37. The first-order valence-electron chi connectivity index (χ1n) is 15.2. The van der Waals surface area contributed by atoms with Crippen LogP contribution in [-0.4, -0.2) is 72.9 Å². The van der Waals surface area contributed by atoms with Crippen molar-refractivity contribution in [2.75, 3.05) is 26.2 Å². The molecule has 3 aromatic rings. The van der Waals surface area contributed by atoms with Crippen LogP contribution in [0, 0.1) is 15.9 Å². The lowest BCUT2D eigenvalue weighted by molar-refractivity contribution is -0.385. The van der Waals surface area contributed by atoms with Crippen LogP contribution in [0.3, 0.4) is 0 Å². The number of amides is 2. The van der Waals surface area contributed by atoms with Gasteiger partial charge >= 0.3 is 6.09 Å². The van der Waals surface area contributed by atoms with E-state index in [0.29, 0.717) is 6.42 Å². The van der Waals surface area contributed by atoms with Crippen molar-refractivity contribution in [2.24, 2.45) is 0 Å². The number of hydrogen-bond acceptors (Lipinski definition) is 6. The molecule has 1 aliphatic rings. The minimum absolute atomic E-state index is 0.0588. The first kappa shape index (κ1) is 35.2. The van der Waals surface area contributed by atoms with Crippen LogP contribution < -0.4 is 10.4 Å². The molecule has 2 amide bonds. The third kappa shape index (κ3) is 7.67. The van der Waals surface area contributed by atoms with E-state index in [1.54, 1.807) is 25.7 Å². The number of halogens is 2. The standard InChI is InChI=1S/C34H41BrFN3O6Si/c1-33(2,3)45-32(41)37-18-19-38(31(40)27-21-30(39(42)43)28(35)22-29(27)36)24(23-37)17-20-44-46(34(4,5)6,25-13-9-7-10-14-25)26-15-11-8-12-16-26/h7-16,21-22,24H,17-20,23H2,1-6H3/t24-/m1/s1. The number of nitro benzene ring substituents is 1. The Bertz CT molecular complexity index is 1520. The summed E-state index contributed by atoms with van der Waals surface area (Å²) >= 11 is 3.02. The van der Waals surface area contributed by atoms with Gasteiger partial charge in [0.1, 0.15) is 11.4 Å². The van der Waals surface area contributed by atoms with Crippen LogP contribution in [0.15, 0.2) is 77.3 Å². The van der Waals surface area contributed by atoms with Crippen molar-refractivity contribution in [1.82, 2.24) is 9.80 Å². The van der Waals surface area contributed by atoms with Gasteiger partial charge in [-0.2, -0.15) is 0 Å². The van der Waals surface area contributed by atoms with Crippen LogP contribution in [0.25, 0.3) is 0 Å². The number of carbonyl (C=O) groups is 2. The summed E-state index contributed by atoms with van der Waals surface area (Å²) in [5.74, 6) is -1.56. The van der Waals surface area contributed by atoms with E-state index in [2.05, 4.69) is 61.0 Å². The van der Waals surface area contributed by atoms with Crippen molar-refractivity contribution in [3.8, 4) is 0 Å². The average molecular weight is 715 g/mol. The highest BCUT2D eigenvalue weighted by Gasteiger charge is 2.50. The molecule has 1 saturated heterocycles. The maximum Gasteiger partial charge on any atom is 0.410 e. The molecule has 0 saturated carbocycles. The van der Waals surface area contributed by atoms with Gasteiger partial charge in [-0.1, -0.05) is 81.4 Å². The number of hydrogen-bond donors (Lipinski definition) is 0. The minimum Gasteiger partial charge on any atom is -0.444 e. The van der Waals surface area contributed by atoms with E-state index in [0.717, 1.165) is 22.5 Å². The van der Waals surface area contributed by atoms with Crippen molar-refractivity contribution in [3.63, 3.8) is 0 Å². The van der Waals surface area contributed by atoms with E-state index >= 15 is 4.39 Å². The zero-order valence-corrected chi connectivity index (χ0v) is 29.7.